The van der Waals surface area contributed by atoms with Crippen molar-refractivity contribution in [2.75, 3.05) is 18.4 Å². The maximum absolute atomic E-state index is 12.7. The van der Waals surface area contributed by atoms with E-state index in [9.17, 15) is 22.8 Å². The second-order valence-electron chi connectivity index (χ2n) is 6.89. The van der Waals surface area contributed by atoms with Crippen molar-refractivity contribution in [2.45, 2.75) is 25.9 Å². The molecule has 29 heavy (non-hydrogen) atoms. The molecular formula is C21H21F3N2O3. The van der Waals surface area contributed by atoms with Crippen LogP contribution in [0.4, 0.5) is 18.9 Å². The number of para-hydroxylation sites is 2. The highest BCUT2D eigenvalue weighted by atomic mass is 19.4. The number of carbonyl (C=O) groups is 2. The van der Waals surface area contributed by atoms with Gasteiger partial charge in [-0.2, -0.15) is 13.2 Å². The molecule has 5 nitrogen and oxygen atoms in total. The van der Waals surface area contributed by atoms with Crippen LogP contribution >= 0.6 is 0 Å². The molecule has 154 valence electrons. The van der Waals surface area contributed by atoms with E-state index in [1.165, 1.54) is 19.1 Å². The normalized spacial score (nSPS) is 15.1. The van der Waals surface area contributed by atoms with Gasteiger partial charge in [-0.15, -0.1) is 0 Å². The highest BCUT2D eigenvalue weighted by Gasteiger charge is 2.30. The van der Waals surface area contributed by atoms with Gasteiger partial charge in [-0.05, 0) is 49.2 Å². The number of rotatable bonds is 4. The molecule has 1 aliphatic heterocycles. The Labute approximate surface area is 166 Å². The van der Waals surface area contributed by atoms with Crippen LogP contribution < -0.4 is 10.1 Å². The molecule has 1 fully saturated rings. The number of hydrogen-bond acceptors (Lipinski definition) is 3. The van der Waals surface area contributed by atoms with Gasteiger partial charge in [-0.25, -0.2) is 0 Å². The fraction of sp³-hybridized carbons (Fsp3) is 0.333. The van der Waals surface area contributed by atoms with Crippen LogP contribution in [-0.2, 0) is 15.8 Å². The number of nitrogens with zero attached hydrogens (tertiary/aromatic N) is 1. The van der Waals surface area contributed by atoms with E-state index in [4.69, 9.17) is 4.74 Å². The number of ether oxygens (including phenoxy) is 1. The summed E-state index contributed by atoms with van der Waals surface area (Å²) in [7, 11) is 0. The van der Waals surface area contributed by atoms with E-state index < -0.39 is 11.7 Å². The predicted molar refractivity (Wildman–Crippen MR) is 102 cm³/mol. The van der Waals surface area contributed by atoms with Crippen LogP contribution in [-0.4, -0.2) is 29.8 Å². The van der Waals surface area contributed by atoms with Crippen molar-refractivity contribution >= 4 is 17.5 Å². The summed E-state index contributed by atoms with van der Waals surface area (Å²) in [4.78, 5) is 25.7. The second kappa shape index (κ2) is 8.55. The van der Waals surface area contributed by atoms with Gasteiger partial charge >= 0.3 is 6.18 Å². The molecule has 3 rings (SSSR count). The van der Waals surface area contributed by atoms with E-state index in [2.05, 4.69) is 5.32 Å². The Morgan fingerprint density at radius 1 is 1.03 bits per heavy atom. The quantitative estimate of drug-likeness (QED) is 0.801. The van der Waals surface area contributed by atoms with Crippen molar-refractivity contribution in [2.24, 2.45) is 5.92 Å². The van der Waals surface area contributed by atoms with Gasteiger partial charge in [-0.1, -0.05) is 12.1 Å². The number of amides is 2. The van der Waals surface area contributed by atoms with Crippen molar-refractivity contribution < 1.29 is 27.5 Å². The molecule has 0 aromatic heterocycles. The lowest BCUT2D eigenvalue weighted by molar-refractivity contribution is -0.137. The van der Waals surface area contributed by atoms with Crippen LogP contribution in [0.2, 0.25) is 0 Å². The molecule has 8 heteroatoms. The molecule has 2 amide bonds. The zero-order chi connectivity index (χ0) is 21.0. The topological polar surface area (TPSA) is 58.6 Å². The lowest BCUT2D eigenvalue weighted by atomic mass is 9.96. The highest BCUT2D eigenvalue weighted by Crippen LogP contribution is 2.33. The Hall–Kier alpha value is -3.03. The van der Waals surface area contributed by atoms with E-state index in [-0.39, 0.29) is 23.5 Å². The Morgan fingerprint density at radius 2 is 1.66 bits per heavy atom. The molecule has 1 N–H and O–H groups in total. The first-order valence-electron chi connectivity index (χ1n) is 9.24. The Morgan fingerprint density at radius 3 is 2.24 bits per heavy atom. The summed E-state index contributed by atoms with van der Waals surface area (Å²) < 4.78 is 43.7. The zero-order valence-electron chi connectivity index (χ0n) is 15.8. The zero-order valence-corrected chi connectivity index (χ0v) is 15.8. The first-order chi connectivity index (χ1) is 13.7. The largest absolute Gasteiger partial charge is 0.455 e. The molecule has 0 bridgehead atoms. The van der Waals surface area contributed by atoms with Gasteiger partial charge in [0.25, 0.3) is 0 Å². The second-order valence-corrected chi connectivity index (χ2v) is 6.89. The average molecular weight is 406 g/mol. The van der Waals surface area contributed by atoms with Gasteiger partial charge in [0.15, 0.2) is 5.75 Å². The Balaban J connectivity index is 1.66. The fourth-order valence-corrected chi connectivity index (χ4v) is 3.19. The summed E-state index contributed by atoms with van der Waals surface area (Å²) in [6, 6.07) is 11.1. The predicted octanol–water partition coefficient (Wildman–Crippen LogP) is 4.69. The lowest BCUT2D eigenvalue weighted by Gasteiger charge is -2.30. The van der Waals surface area contributed by atoms with Crippen molar-refractivity contribution in [3.05, 3.63) is 54.1 Å². The van der Waals surface area contributed by atoms with Crippen LogP contribution in [0.1, 0.15) is 25.3 Å². The number of anilines is 1. The number of halogens is 3. The summed E-state index contributed by atoms with van der Waals surface area (Å²) in [6.45, 7) is 2.59. The van der Waals surface area contributed by atoms with Crippen LogP contribution in [0.15, 0.2) is 48.5 Å². The number of piperidine rings is 1. The third-order valence-corrected chi connectivity index (χ3v) is 4.87. The first kappa shape index (κ1) is 20.7. The molecular weight excluding hydrogens is 385 g/mol. The van der Waals surface area contributed by atoms with Gasteiger partial charge in [0, 0.05) is 25.9 Å². The molecule has 1 aliphatic rings. The van der Waals surface area contributed by atoms with E-state index in [0.29, 0.717) is 37.4 Å². The van der Waals surface area contributed by atoms with E-state index >= 15 is 0 Å². The molecule has 0 aliphatic carbocycles. The Bertz CT molecular complexity index is 873. The van der Waals surface area contributed by atoms with Crippen LogP contribution in [0, 0.1) is 5.92 Å². The maximum atomic E-state index is 12.7. The molecule has 0 radical (unpaired) electrons. The third kappa shape index (κ3) is 5.28. The standard InChI is InChI=1S/C21H21F3N2O3/c1-14(27)26-12-10-15(11-13-26)20(28)25-18-4-2-3-5-19(18)29-17-8-6-16(7-9-17)21(22,23)24/h2-9,15H,10-13H2,1H3,(H,25,28). The van der Waals surface area contributed by atoms with Crippen LogP contribution in [0.25, 0.3) is 0 Å². The molecule has 0 atom stereocenters. The molecule has 0 unspecified atom stereocenters. The smallest absolute Gasteiger partial charge is 0.416 e. The molecule has 2 aromatic rings. The van der Waals surface area contributed by atoms with E-state index in [0.717, 1.165) is 12.1 Å². The van der Waals surface area contributed by atoms with E-state index in [1.54, 1.807) is 29.2 Å². The highest BCUT2D eigenvalue weighted by molar-refractivity contribution is 5.94. The molecule has 1 heterocycles. The summed E-state index contributed by atoms with van der Waals surface area (Å²) in [5.74, 6) is 0.178. The molecule has 2 aromatic carbocycles. The van der Waals surface area contributed by atoms with Crippen LogP contribution in [0.3, 0.4) is 0 Å². The van der Waals surface area contributed by atoms with Crippen molar-refractivity contribution in [1.29, 1.82) is 0 Å². The first-order valence-corrected chi connectivity index (χ1v) is 9.24. The van der Waals surface area contributed by atoms with Gasteiger partial charge in [-0.3, -0.25) is 9.59 Å². The molecule has 0 spiro atoms. The molecule has 1 saturated heterocycles. The minimum Gasteiger partial charge on any atom is -0.455 e. The monoisotopic (exact) mass is 406 g/mol. The summed E-state index contributed by atoms with van der Waals surface area (Å²) in [5.41, 5.74) is -0.324. The minimum absolute atomic E-state index is 0.000791. The molecule has 0 saturated carbocycles. The fourth-order valence-electron chi connectivity index (χ4n) is 3.19. The van der Waals surface area contributed by atoms with Gasteiger partial charge in [0.1, 0.15) is 5.75 Å². The average Bonchev–Trinajstić information content (AvgIpc) is 2.69. The number of likely N-dealkylation sites (tertiary alicyclic amines) is 1. The third-order valence-electron chi connectivity index (χ3n) is 4.87. The summed E-state index contributed by atoms with van der Waals surface area (Å²) in [6.07, 6.45) is -3.26. The van der Waals surface area contributed by atoms with Crippen molar-refractivity contribution in [1.82, 2.24) is 4.90 Å². The number of alkyl halides is 3. The number of hydrogen-bond donors (Lipinski definition) is 1. The lowest BCUT2D eigenvalue weighted by Crippen LogP contribution is -2.40. The van der Waals surface area contributed by atoms with Crippen molar-refractivity contribution in [3.63, 3.8) is 0 Å². The summed E-state index contributed by atoms with van der Waals surface area (Å²) >= 11 is 0. The Kier molecular flexibility index (Phi) is 6.10. The number of nitrogens with one attached hydrogen (secondary N) is 1. The van der Waals surface area contributed by atoms with Crippen molar-refractivity contribution in [3.8, 4) is 11.5 Å². The minimum atomic E-state index is -4.41. The van der Waals surface area contributed by atoms with Gasteiger partial charge in [0.2, 0.25) is 11.8 Å². The maximum Gasteiger partial charge on any atom is 0.416 e. The van der Waals surface area contributed by atoms with Gasteiger partial charge < -0.3 is 15.0 Å². The number of benzene rings is 2. The van der Waals surface area contributed by atoms with E-state index in [1.807, 2.05) is 0 Å². The summed E-state index contributed by atoms with van der Waals surface area (Å²) in [5, 5.41) is 2.83. The SMILES string of the molecule is CC(=O)N1CCC(C(=O)Nc2ccccc2Oc2ccc(C(F)(F)F)cc2)CC1. The van der Waals surface area contributed by atoms with Crippen LogP contribution in [0.5, 0.6) is 11.5 Å². The number of carbonyl (C=O) groups excluding carboxylic acids is 2. The van der Waals surface area contributed by atoms with Gasteiger partial charge in [0.05, 0.1) is 11.3 Å².